The maximum atomic E-state index is 13.5. The second-order valence-electron chi connectivity index (χ2n) is 2.96. The van der Waals surface area contributed by atoms with Gasteiger partial charge in [-0.1, -0.05) is 15.9 Å². The summed E-state index contributed by atoms with van der Waals surface area (Å²) in [5, 5.41) is 0. The number of hydrogen-bond acceptors (Lipinski definition) is 2. The highest BCUT2D eigenvalue weighted by Gasteiger charge is 2.30. The van der Waals surface area contributed by atoms with E-state index >= 15 is 0 Å². The van der Waals surface area contributed by atoms with Crippen molar-refractivity contribution in [1.29, 1.82) is 0 Å². The Balaban J connectivity index is 2.40. The molecule has 0 aromatic heterocycles. The van der Waals surface area contributed by atoms with Gasteiger partial charge in [0.15, 0.2) is 11.1 Å². The summed E-state index contributed by atoms with van der Waals surface area (Å²) in [6.07, 6.45) is 3.25. The highest BCUT2D eigenvalue weighted by Crippen LogP contribution is 2.33. The van der Waals surface area contributed by atoms with Gasteiger partial charge in [-0.25, -0.2) is 4.39 Å². The highest BCUT2D eigenvalue weighted by molar-refractivity contribution is 9.11. The van der Waals surface area contributed by atoms with E-state index in [1.165, 1.54) is 12.3 Å². The maximum Gasteiger partial charge on any atom is 0.163 e. The number of rotatable bonds is 0. The van der Waals surface area contributed by atoms with Gasteiger partial charge in [-0.05, 0) is 17.3 Å². The fraction of sp³-hybridized carbons (Fsp3) is 0.333. The van der Waals surface area contributed by atoms with Crippen LogP contribution in [0.5, 0.6) is 0 Å². The van der Waals surface area contributed by atoms with Crippen LogP contribution in [-0.2, 0) is 15.9 Å². The molecule has 2 aliphatic rings. The van der Waals surface area contributed by atoms with E-state index in [1.54, 1.807) is 6.08 Å². The zero-order valence-electron chi connectivity index (χ0n) is 7.20. The van der Waals surface area contributed by atoms with Crippen LogP contribution in [0.1, 0.15) is 0 Å². The quantitative estimate of drug-likeness (QED) is 0.636. The first-order chi connectivity index (χ1) is 6.68. The smallest absolute Gasteiger partial charge is 0.163 e. The summed E-state index contributed by atoms with van der Waals surface area (Å²) in [7, 11) is 0. The van der Waals surface area contributed by atoms with Gasteiger partial charge in [0.25, 0.3) is 0 Å². The van der Waals surface area contributed by atoms with Crippen LogP contribution in [0.15, 0.2) is 33.4 Å². The van der Waals surface area contributed by atoms with Crippen molar-refractivity contribution in [1.82, 2.24) is 0 Å². The molecule has 0 bridgehead atoms. The molecule has 0 fully saturated rings. The van der Waals surface area contributed by atoms with Crippen molar-refractivity contribution in [2.45, 2.75) is 6.17 Å². The maximum absolute atomic E-state index is 13.5. The molecule has 2 nitrogen and oxygen atoms in total. The summed E-state index contributed by atoms with van der Waals surface area (Å²) in [5.74, 6) is 0.416. The molecule has 2 unspecified atom stereocenters. The van der Waals surface area contributed by atoms with Crippen molar-refractivity contribution in [2.75, 3.05) is 12.4 Å². The summed E-state index contributed by atoms with van der Waals surface area (Å²) >= 11 is 2.03. The lowest BCUT2D eigenvalue weighted by atomic mass is 10.1. The topological polar surface area (TPSA) is 32.3 Å². The van der Waals surface area contributed by atoms with Gasteiger partial charge < -0.3 is 9.29 Å². The average Bonchev–Trinajstić information content (AvgIpc) is 2.29. The van der Waals surface area contributed by atoms with Crippen molar-refractivity contribution in [3.05, 3.63) is 33.4 Å². The normalized spacial score (nSPS) is 31.8. The van der Waals surface area contributed by atoms with Gasteiger partial charge in [0.2, 0.25) is 0 Å². The lowest BCUT2D eigenvalue weighted by Gasteiger charge is -2.17. The summed E-state index contributed by atoms with van der Waals surface area (Å²) in [5.41, 5.74) is 0.379. The number of fused-ring (bicyclic) bond motifs is 1. The Morgan fingerprint density at radius 1 is 1.64 bits per heavy atom. The summed E-state index contributed by atoms with van der Waals surface area (Å²) in [6.45, 7) is 0.373. The van der Waals surface area contributed by atoms with Gasteiger partial charge in [-0.15, -0.1) is 0 Å². The Kier molecular flexibility index (Phi) is 2.99. The molecule has 1 heterocycles. The minimum absolute atomic E-state index is 0.373. The van der Waals surface area contributed by atoms with Crippen LogP contribution in [-0.4, -0.2) is 23.1 Å². The third-order valence-electron chi connectivity index (χ3n) is 2.00. The van der Waals surface area contributed by atoms with E-state index in [0.717, 1.165) is 0 Å². The number of allylic oxidation sites excluding steroid dienone is 4. The molecule has 1 aliphatic carbocycles. The molecule has 1 aliphatic heterocycles. The van der Waals surface area contributed by atoms with Crippen LogP contribution in [0, 0.1) is 0 Å². The van der Waals surface area contributed by atoms with E-state index in [4.69, 9.17) is 4.74 Å². The molecule has 0 saturated carbocycles. The molecule has 0 amide bonds. The SMILES string of the molecule is [O-][S+]1CCOC=C2C1=CC(Br)=CC2F. The summed E-state index contributed by atoms with van der Waals surface area (Å²) in [6, 6.07) is 0. The minimum atomic E-state index is -1.23. The van der Waals surface area contributed by atoms with Crippen molar-refractivity contribution in [2.24, 2.45) is 0 Å². The van der Waals surface area contributed by atoms with E-state index in [-0.39, 0.29) is 0 Å². The lowest BCUT2D eigenvalue weighted by molar-refractivity contribution is 0.265. The molecular weight excluding hydrogens is 271 g/mol. The molecule has 0 aromatic rings. The van der Waals surface area contributed by atoms with E-state index in [9.17, 15) is 8.94 Å². The van der Waals surface area contributed by atoms with Crippen LogP contribution in [0.3, 0.4) is 0 Å². The molecular formula is C9H8BrFO2S. The molecule has 2 atom stereocenters. The van der Waals surface area contributed by atoms with E-state index in [1.807, 2.05) is 0 Å². The Bertz CT molecular complexity index is 338. The predicted molar refractivity (Wildman–Crippen MR) is 57.0 cm³/mol. The third kappa shape index (κ3) is 1.89. The number of halogens is 2. The largest absolute Gasteiger partial charge is 0.611 e. The molecule has 0 saturated heterocycles. The van der Waals surface area contributed by atoms with Crippen LogP contribution < -0.4 is 0 Å². The van der Waals surface area contributed by atoms with Crippen molar-refractivity contribution < 1.29 is 13.7 Å². The molecule has 0 spiro atoms. The zero-order chi connectivity index (χ0) is 10.1. The molecule has 2 rings (SSSR count). The summed E-state index contributed by atoms with van der Waals surface area (Å²) in [4.78, 5) is 0.532. The number of ether oxygens (including phenoxy) is 1. The van der Waals surface area contributed by atoms with Gasteiger partial charge >= 0.3 is 0 Å². The standard InChI is InChI=1S/C9H8BrFO2S/c10-6-3-8(11)7-5-13-1-2-14(12)9(7)4-6/h3-5,8H,1-2H2. The minimum Gasteiger partial charge on any atom is -0.611 e. The fourth-order valence-corrected chi connectivity index (χ4v) is 3.09. The number of hydrogen-bond donors (Lipinski definition) is 0. The third-order valence-corrected chi connectivity index (χ3v) is 3.87. The Labute approximate surface area is 92.8 Å². The van der Waals surface area contributed by atoms with Crippen molar-refractivity contribution >= 4 is 27.1 Å². The monoisotopic (exact) mass is 278 g/mol. The van der Waals surface area contributed by atoms with E-state index in [2.05, 4.69) is 15.9 Å². The molecule has 76 valence electrons. The summed E-state index contributed by atoms with van der Waals surface area (Å²) < 4.78 is 30.8. The van der Waals surface area contributed by atoms with E-state index < -0.39 is 17.3 Å². The van der Waals surface area contributed by atoms with Crippen molar-refractivity contribution in [3.63, 3.8) is 0 Å². The Hall–Kier alpha value is -0.260. The van der Waals surface area contributed by atoms with Gasteiger partial charge in [0, 0.05) is 10.6 Å². The van der Waals surface area contributed by atoms with Gasteiger partial charge in [0.1, 0.15) is 12.4 Å². The zero-order valence-corrected chi connectivity index (χ0v) is 9.61. The van der Waals surface area contributed by atoms with E-state index in [0.29, 0.717) is 27.3 Å². The molecule has 0 N–H and O–H groups in total. The van der Waals surface area contributed by atoms with Gasteiger partial charge in [0.05, 0.1) is 11.8 Å². The Morgan fingerprint density at radius 2 is 2.43 bits per heavy atom. The lowest BCUT2D eigenvalue weighted by Crippen LogP contribution is -2.17. The highest BCUT2D eigenvalue weighted by atomic mass is 79.9. The Morgan fingerprint density at radius 3 is 3.21 bits per heavy atom. The van der Waals surface area contributed by atoms with Crippen LogP contribution in [0.2, 0.25) is 0 Å². The molecule has 0 radical (unpaired) electrons. The average molecular weight is 279 g/mol. The molecule has 5 heteroatoms. The first-order valence-electron chi connectivity index (χ1n) is 4.12. The first-order valence-corrected chi connectivity index (χ1v) is 6.23. The molecule has 14 heavy (non-hydrogen) atoms. The second kappa shape index (κ2) is 4.08. The predicted octanol–water partition coefficient (Wildman–Crippen LogP) is 2.16. The van der Waals surface area contributed by atoms with Gasteiger partial charge in [-0.3, -0.25) is 0 Å². The fourth-order valence-electron chi connectivity index (χ4n) is 1.32. The van der Waals surface area contributed by atoms with Crippen molar-refractivity contribution in [3.8, 4) is 0 Å². The van der Waals surface area contributed by atoms with Gasteiger partial charge in [-0.2, -0.15) is 0 Å². The van der Waals surface area contributed by atoms with Crippen LogP contribution in [0.4, 0.5) is 4.39 Å². The van der Waals surface area contributed by atoms with Crippen LogP contribution in [0.25, 0.3) is 0 Å². The first kappa shape index (κ1) is 10.3. The van der Waals surface area contributed by atoms with Crippen LogP contribution >= 0.6 is 15.9 Å². The number of alkyl halides is 1. The second-order valence-corrected chi connectivity index (χ2v) is 5.41. The molecule has 0 aromatic carbocycles.